The summed E-state index contributed by atoms with van der Waals surface area (Å²) in [5, 5.41) is 0. The molecule has 0 bridgehead atoms. The van der Waals surface area contributed by atoms with Gasteiger partial charge in [0.1, 0.15) is 5.62 Å². The smallest absolute Gasteiger partial charge is 0.149 e. The Bertz CT molecular complexity index is 97.1. The zero-order chi connectivity index (χ0) is 2.71. The maximum atomic E-state index is 9.98. The van der Waals surface area contributed by atoms with Crippen LogP contribution in [-0.2, 0) is 0 Å². The van der Waals surface area contributed by atoms with Crippen molar-refractivity contribution >= 4 is 17.8 Å². The molecule has 0 aromatic carbocycles. The molecule has 0 aliphatic carbocycles. The van der Waals surface area contributed by atoms with Gasteiger partial charge in [-0.25, -0.2) is 4.39 Å². The Kier molecular flexibility index (Phi) is 7550. The molecule has 0 rings (SSSR count). The predicted octanol–water partition coefficient (Wildman–Crippen LogP) is 18.1. The first-order valence-corrected chi connectivity index (χ1v) is 0.925. The quantitative estimate of drug-likeness (QED) is 0.172. The summed E-state index contributed by atoms with van der Waals surface area (Å²) in [6.07, 6.45) is 0. The van der Waals surface area contributed by atoms with Crippen LogP contribution < -0.4 is 0 Å². The number of hydrogen-bond donors (Lipinski definition) is 0. The van der Waals surface area contributed by atoms with Crippen molar-refractivity contribution < 1.29 is 1590 Å². The van der Waals surface area contributed by atoms with Gasteiger partial charge in [-0.05, 0) is 0 Å². The second-order valence-corrected chi connectivity index (χ2v) is 0.267. The third-order valence-electron chi connectivity index (χ3n) is 0. The van der Waals surface area contributed by atoms with E-state index in [-0.39, 0.29) is 1790 Å². The third-order valence-corrected chi connectivity index (χ3v) is 0. The molecule has 0 aliphatic heterocycles. The number of rotatable bonds is 0. The van der Waals surface area contributed by atoms with Crippen molar-refractivity contribution in [2.75, 3.05) is 0 Å². The minimum atomic E-state index is 0. The van der Waals surface area contributed by atoms with E-state index in [1.54, 1.807) is 0 Å². The first-order valence-electron chi connectivity index (χ1n) is 0.454. The van der Waals surface area contributed by atoms with Crippen LogP contribution in [0.3, 0.4) is 0 Å². The fourth-order valence-corrected chi connectivity index (χ4v) is 0. The van der Waals surface area contributed by atoms with Gasteiger partial charge in [0.2, 0.25) is 0 Å². The molecule has 438 valence electrons. The molecule has 0 saturated carbocycles. The van der Waals surface area contributed by atoms with Crippen LogP contribution in [0.2, 0.25) is 0 Å². The molecule has 0 amide bonds. The van der Waals surface area contributed by atoms with E-state index in [1.165, 1.54) is 0 Å². The van der Waals surface area contributed by atoms with Gasteiger partial charge in [0.15, 0.2) is 0 Å². The van der Waals surface area contributed by atoms with Crippen LogP contribution in [0.5, 0.6) is 0 Å². The molecular weight excluding hydrogens is 12500 g/mol. The Morgan fingerprint density at radius 1 is 0.0988 bits per heavy atom. The van der Waals surface area contributed by atoms with Gasteiger partial charge >= 0.3 is 0 Å². The van der Waals surface area contributed by atoms with Crippen molar-refractivity contribution in [2.45, 2.75) is 201 Å². The average Bonchev–Trinajstić information content (AvgIpc) is 0.918. The van der Waals surface area contributed by atoms with E-state index in [0.29, 0.717) is 0 Å². The van der Waals surface area contributed by atoms with Crippen LogP contribution in [-0.4, -0.2) is 5.62 Å². The van der Waals surface area contributed by atoms with E-state index in [0.717, 1.165) is 0 Å². The fourth-order valence-electron chi connectivity index (χ4n) is 0. The maximum Gasteiger partial charge on any atom is 0.149 e. The molecule has 0 atom stereocenters. The Hall–Kier alpha value is 53.7. The molecule has 0 radical (unpaired) electrons. The van der Waals surface area contributed by atoms with Gasteiger partial charge in [-0.2, -0.15) is 0 Å². The summed E-state index contributed by atoms with van der Waals surface area (Å²) in [7, 11) is 0. The Morgan fingerprint density at radius 3 is 0.0988 bits per heavy atom. The van der Waals surface area contributed by atoms with Crippen molar-refractivity contribution in [3.05, 3.63) is 0 Å². The zero-order valence-electron chi connectivity index (χ0n) is 26.9. The van der Waals surface area contributed by atoms with Gasteiger partial charge in [0, 0.05) is 1590 Å². The first kappa shape index (κ1) is 776. The van der Waals surface area contributed by atoms with Crippen LogP contribution >= 0.6 is 12.2 Å². The van der Waals surface area contributed by atoms with Gasteiger partial charge in [-0.3, -0.25) is 0 Å². The molecule has 0 aromatic rings. The second-order valence-electron chi connectivity index (χ2n) is 0.0891. The van der Waals surface area contributed by atoms with E-state index in [4.69, 9.17) is 0 Å². The monoisotopic (exact) mass is 12600 g/mol. The molecule has 0 aromatic heterocycles. The summed E-state index contributed by atoms with van der Waals surface area (Å²) in [5.41, 5.74) is 0.0833. The zero-order valence-corrected chi connectivity index (χ0v) is 240. The average molecular weight is 12600 g/mol. The van der Waals surface area contributed by atoms with E-state index < -0.39 is 0 Å². The molecule has 0 nitrogen and oxygen atoms in total. The van der Waals surface area contributed by atoms with E-state index in [1.807, 2.05) is 0 Å². The first-order chi connectivity index (χ1) is 1.41. The topological polar surface area (TPSA) is 0 Å². The summed E-state index contributed by atoms with van der Waals surface area (Å²) in [6.45, 7) is 0. The SMILES string of the molecule is C.C.C.C.C.C.C.C.C.C.C.C.C.C.C.C.C.C.C.C.C.C.C.C.C.C.C.FC=S.[U].[U].[U].[U].[U].[U].[U].[U].[U].[U].[U].[U].[U].[U].[U].[U].[U].[U].[U].[U].[U].[U].[U].[U].[U].[U].[U].[U].[U].[U].[U].[U].[U].[U].[U].[U].[U].[U].[U].[U].[U].[U].[U].[U].[U].[U].[U].[U].[U].[U].[U]. The van der Waals surface area contributed by atoms with Crippen molar-refractivity contribution in [3.8, 4) is 0 Å². The molecule has 81 heavy (non-hydrogen) atoms. The fraction of sp³-hybridized carbons (Fsp3) is 0.964. The molecule has 0 aliphatic rings. The molecular formula is C28H109FSU51. The maximum absolute atomic E-state index is 9.98. The van der Waals surface area contributed by atoms with Gasteiger partial charge < -0.3 is 0 Å². The molecule has 0 spiro atoms. The molecule has 0 saturated heterocycles. The van der Waals surface area contributed by atoms with Crippen LogP contribution in [0, 0.1) is 1590 Å². The number of hydrogen-bond acceptors (Lipinski definition) is 1. The Labute approximate surface area is 1750 Å². The van der Waals surface area contributed by atoms with Crippen molar-refractivity contribution in [1.82, 2.24) is 0 Å². The van der Waals surface area contributed by atoms with Crippen molar-refractivity contribution in [3.63, 3.8) is 0 Å². The number of thiocarbonyl (C=S) groups is 1. The molecule has 0 N–H and O–H groups in total. The molecule has 0 fully saturated rings. The summed E-state index contributed by atoms with van der Waals surface area (Å²) < 4.78 is 9.98. The molecule has 53 heteroatoms. The van der Waals surface area contributed by atoms with Gasteiger partial charge in [-0.15, -0.1) is 0 Å². The summed E-state index contributed by atoms with van der Waals surface area (Å²) in [4.78, 5) is 0. The normalized spacial score (nSPS) is 0.160. The van der Waals surface area contributed by atoms with Crippen LogP contribution in [0.4, 0.5) is 4.39 Å². The Morgan fingerprint density at radius 2 is 0.0988 bits per heavy atom. The minimum absolute atomic E-state index is 0. The Balaban J connectivity index is -0.00000000000666. The van der Waals surface area contributed by atoms with Crippen LogP contribution in [0.25, 0.3) is 0 Å². The van der Waals surface area contributed by atoms with Crippen molar-refractivity contribution in [2.24, 2.45) is 0 Å². The largest absolute Gasteiger partial charge is 0.203 e. The van der Waals surface area contributed by atoms with E-state index >= 15 is 0 Å². The summed E-state index contributed by atoms with van der Waals surface area (Å²) >= 11 is 3.60. The second kappa shape index (κ2) is 787. The minimum Gasteiger partial charge on any atom is -0.203 e. The predicted molar refractivity (Wildman–Crippen MR) is 196 cm³/mol. The van der Waals surface area contributed by atoms with Crippen molar-refractivity contribution in [1.29, 1.82) is 0 Å². The van der Waals surface area contributed by atoms with Crippen LogP contribution in [0.1, 0.15) is 201 Å². The van der Waals surface area contributed by atoms with Gasteiger partial charge in [0.05, 0.1) is 0 Å². The third kappa shape index (κ3) is 805. The summed E-state index contributed by atoms with van der Waals surface area (Å²) in [6, 6.07) is 0. The van der Waals surface area contributed by atoms with E-state index in [9.17, 15) is 4.39 Å². The van der Waals surface area contributed by atoms with Gasteiger partial charge in [0.25, 0.3) is 0 Å². The van der Waals surface area contributed by atoms with E-state index in [2.05, 4.69) is 12.2 Å². The molecule has 0 unspecified atom stereocenters. The van der Waals surface area contributed by atoms with Gasteiger partial charge in [-0.1, -0.05) is 213 Å². The molecule has 0 heterocycles. The van der Waals surface area contributed by atoms with Crippen LogP contribution in [0.15, 0.2) is 0 Å². The standard InChI is InChI=1S/CHFS.27CH4.51U/c2-1-3;;;;;;;;;;;;;;;;;;;;;;;;;;;;;;;;;;;;;;;;;;;;;;;;;;;;;;;;;;;;;;;;;;;;;;;;;;;;;;/h1H;27*1H4;;;;;;;;;;;;;;;;;;;;;;;;;;;;;;;;;;;;;;;;;;;;;;;;;;;. The number of halogens is 1. The summed E-state index contributed by atoms with van der Waals surface area (Å²) in [5.74, 6) is 0.